The number of hydrogen-bond acceptors (Lipinski definition) is 7. The lowest BCUT2D eigenvalue weighted by Crippen LogP contribution is -2.37. The maximum Gasteiger partial charge on any atom is 0.197 e. The van der Waals surface area contributed by atoms with Crippen LogP contribution in [-0.2, 0) is 30.8 Å². The molecule has 0 radical (unpaired) electrons. The Morgan fingerprint density at radius 2 is 2.03 bits per heavy atom. The van der Waals surface area contributed by atoms with Crippen LogP contribution in [0, 0.1) is 6.92 Å². The minimum Gasteiger partial charge on any atom is -0.493 e. The maximum atomic E-state index is 12.8. The summed E-state index contributed by atoms with van der Waals surface area (Å²) in [6.07, 6.45) is 2.21. The molecule has 3 heterocycles. The molecule has 4 rings (SSSR count). The molecule has 0 saturated carbocycles. The number of nitrogens with one attached hydrogen (secondary N) is 1. The highest BCUT2D eigenvalue weighted by molar-refractivity contribution is 7.84. The van der Waals surface area contributed by atoms with E-state index in [-0.39, 0.29) is 5.75 Å². The molecule has 2 aromatic heterocycles. The van der Waals surface area contributed by atoms with Crippen LogP contribution in [0.4, 0.5) is 0 Å². The number of benzene rings is 1. The minimum absolute atomic E-state index is 0.253. The van der Waals surface area contributed by atoms with Crippen LogP contribution in [0.2, 0.25) is 0 Å². The van der Waals surface area contributed by atoms with Crippen LogP contribution in [0.5, 0.6) is 5.75 Å². The molecule has 1 aliphatic heterocycles. The largest absolute Gasteiger partial charge is 0.493 e. The second-order valence-corrected chi connectivity index (χ2v) is 8.44. The van der Waals surface area contributed by atoms with Crippen molar-refractivity contribution < 1.29 is 23.2 Å². The highest BCUT2D eigenvalue weighted by atomic mass is 32.2. The van der Waals surface area contributed by atoms with Crippen molar-refractivity contribution in [1.29, 1.82) is 0 Å². The number of aromatic nitrogens is 3. The number of fused-ring (bicyclic) bond motifs is 1. The fourth-order valence-corrected chi connectivity index (χ4v) is 4.52. The normalized spacial score (nSPS) is 16.7. The maximum absolute atomic E-state index is 12.8. The summed E-state index contributed by atoms with van der Waals surface area (Å²) in [5.41, 5.74) is 3.23. The Bertz CT molecular complexity index is 999. The first-order valence-corrected chi connectivity index (χ1v) is 11.1. The van der Waals surface area contributed by atoms with Crippen molar-refractivity contribution in [1.82, 2.24) is 15.0 Å². The van der Waals surface area contributed by atoms with Gasteiger partial charge >= 0.3 is 0 Å². The first-order valence-electron chi connectivity index (χ1n) is 9.77. The van der Waals surface area contributed by atoms with E-state index in [0.29, 0.717) is 49.4 Å². The summed E-state index contributed by atoms with van der Waals surface area (Å²) in [6, 6.07) is 9.43. The lowest BCUT2D eigenvalue weighted by atomic mass is 10.2. The lowest BCUT2D eigenvalue weighted by Gasteiger charge is -2.26. The zero-order valence-corrected chi connectivity index (χ0v) is 17.9. The van der Waals surface area contributed by atoms with Crippen LogP contribution in [0.1, 0.15) is 17.7 Å². The molecule has 30 heavy (non-hydrogen) atoms. The quantitative estimate of drug-likeness (QED) is 0.556. The number of para-hydroxylation sites is 2. The van der Waals surface area contributed by atoms with Crippen LogP contribution < -0.4 is 4.74 Å². The number of ether oxygens (including phenoxy) is 4. The number of rotatable bonds is 9. The zero-order valence-electron chi connectivity index (χ0n) is 17.1. The Hall–Kier alpha value is -2.33. The van der Waals surface area contributed by atoms with Gasteiger partial charge in [0, 0.05) is 25.3 Å². The first kappa shape index (κ1) is 20.9. The molecule has 0 spiro atoms. The second-order valence-electron chi connectivity index (χ2n) is 7.07. The van der Waals surface area contributed by atoms with E-state index in [4.69, 9.17) is 18.9 Å². The molecular formula is C21H25N3O5S. The predicted molar refractivity (Wildman–Crippen MR) is 112 cm³/mol. The average molecular weight is 432 g/mol. The molecule has 8 nitrogen and oxygen atoms in total. The lowest BCUT2D eigenvalue weighted by molar-refractivity contribution is -0.195. The SMILES string of the molecule is COCC1(CCOc2ccnc(CS(=O)c3nc4ccccc4[nH]3)c2C)OCCO1. The van der Waals surface area contributed by atoms with Crippen LogP contribution in [0.25, 0.3) is 11.0 Å². The van der Waals surface area contributed by atoms with E-state index < -0.39 is 16.6 Å². The number of aromatic amines is 1. The van der Waals surface area contributed by atoms with Crippen molar-refractivity contribution in [2.24, 2.45) is 0 Å². The molecule has 0 bridgehead atoms. The van der Waals surface area contributed by atoms with Gasteiger partial charge in [-0.15, -0.1) is 0 Å². The van der Waals surface area contributed by atoms with Crippen LogP contribution >= 0.6 is 0 Å². The summed E-state index contributed by atoms with van der Waals surface area (Å²) in [5, 5.41) is 0.445. The molecule has 1 unspecified atom stereocenters. The van der Waals surface area contributed by atoms with Crippen LogP contribution in [0.15, 0.2) is 41.7 Å². The number of hydrogen-bond donors (Lipinski definition) is 1. The van der Waals surface area contributed by atoms with Crippen molar-refractivity contribution >= 4 is 21.8 Å². The molecule has 1 N–H and O–H groups in total. The highest BCUT2D eigenvalue weighted by Crippen LogP contribution is 2.26. The first-order chi connectivity index (χ1) is 14.6. The smallest absolute Gasteiger partial charge is 0.197 e. The van der Waals surface area contributed by atoms with E-state index in [9.17, 15) is 4.21 Å². The third-order valence-electron chi connectivity index (χ3n) is 5.03. The van der Waals surface area contributed by atoms with Gasteiger partial charge in [0.2, 0.25) is 0 Å². The molecule has 160 valence electrons. The number of nitrogens with zero attached hydrogens (tertiary/aromatic N) is 2. The topological polar surface area (TPSA) is 95.6 Å². The molecule has 1 fully saturated rings. The average Bonchev–Trinajstić information content (AvgIpc) is 3.38. The Kier molecular flexibility index (Phi) is 6.43. The van der Waals surface area contributed by atoms with Crippen molar-refractivity contribution in [2.45, 2.75) is 30.0 Å². The van der Waals surface area contributed by atoms with E-state index in [1.807, 2.05) is 37.3 Å². The molecule has 9 heteroatoms. The number of imidazole rings is 1. The molecular weight excluding hydrogens is 406 g/mol. The van der Waals surface area contributed by atoms with E-state index in [1.165, 1.54) is 0 Å². The van der Waals surface area contributed by atoms with Gasteiger partial charge in [-0.1, -0.05) is 12.1 Å². The summed E-state index contributed by atoms with van der Waals surface area (Å²) in [4.78, 5) is 11.9. The molecule has 0 amide bonds. The van der Waals surface area contributed by atoms with Crippen LogP contribution in [0.3, 0.4) is 0 Å². The minimum atomic E-state index is -1.34. The summed E-state index contributed by atoms with van der Waals surface area (Å²) in [7, 11) is 0.276. The van der Waals surface area contributed by atoms with Gasteiger partial charge in [0.1, 0.15) is 12.4 Å². The molecule has 1 aliphatic rings. The third kappa shape index (κ3) is 4.54. The van der Waals surface area contributed by atoms with Gasteiger partial charge in [-0.2, -0.15) is 0 Å². The number of pyridine rings is 1. The molecule has 1 aromatic carbocycles. The van der Waals surface area contributed by atoms with Crippen molar-refractivity contribution in [3.05, 3.63) is 47.8 Å². The van der Waals surface area contributed by atoms with Crippen LogP contribution in [-0.4, -0.2) is 58.5 Å². The molecule has 1 saturated heterocycles. The zero-order chi connectivity index (χ0) is 21.0. The fraction of sp³-hybridized carbons (Fsp3) is 0.429. The standard InChI is InChI=1S/C21H25N3O5S/c1-15-18(13-30(25)20-23-16-5-3-4-6-17(16)24-20)22-9-7-19(15)27-10-8-21(14-26-2)28-11-12-29-21/h3-7,9H,8,10-14H2,1-2H3,(H,23,24). The molecule has 3 aromatic rings. The van der Waals surface area contributed by atoms with Gasteiger partial charge < -0.3 is 23.9 Å². The molecule has 1 atom stereocenters. The Labute approximate surface area is 177 Å². The summed E-state index contributed by atoms with van der Waals surface area (Å²) in [5.74, 6) is 0.205. The van der Waals surface area contributed by atoms with Crippen molar-refractivity contribution in [3.8, 4) is 5.75 Å². The highest BCUT2D eigenvalue weighted by Gasteiger charge is 2.36. The Morgan fingerprint density at radius 3 is 2.80 bits per heavy atom. The van der Waals surface area contributed by atoms with Gasteiger partial charge in [-0.25, -0.2) is 4.98 Å². The van der Waals surface area contributed by atoms with Gasteiger partial charge in [-0.05, 0) is 25.1 Å². The van der Waals surface area contributed by atoms with E-state index in [0.717, 1.165) is 16.6 Å². The number of H-pyrrole nitrogens is 1. The summed E-state index contributed by atoms with van der Waals surface area (Å²) >= 11 is 0. The van der Waals surface area contributed by atoms with E-state index in [1.54, 1.807) is 13.3 Å². The second kappa shape index (κ2) is 9.22. The van der Waals surface area contributed by atoms with E-state index >= 15 is 0 Å². The monoisotopic (exact) mass is 431 g/mol. The van der Waals surface area contributed by atoms with E-state index in [2.05, 4.69) is 15.0 Å². The van der Waals surface area contributed by atoms with Gasteiger partial charge in [0.15, 0.2) is 10.9 Å². The number of methoxy groups -OCH3 is 1. The van der Waals surface area contributed by atoms with Crippen molar-refractivity contribution in [2.75, 3.05) is 33.5 Å². The fourth-order valence-electron chi connectivity index (χ4n) is 3.42. The van der Waals surface area contributed by atoms with Gasteiger partial charge in [-0.3, -0.25) is 9.19 Å². The molecule has 0 aliphatic carbocycles. The van der Waals surface area contributed by atoms with Crippen molar-refractivity contribution in [3.63, 3.8) is 0 Å². The van der Waals surface area contributed by atoms with Gasteiger partial charge in [0.25, 0.3) is 0 Å². The van der Waals surface area contributed by atoms with Gasteiger partial charge in [0.05, 0.1) is 53.1 Å². The Morgan fingerprint density at radius 1 is 1.23 bits per heavy atom. The summed E-state index contributed by atoms with van der Waals surface area (Å²) in [6.45, 7) is 3.78. The summed E-state index contributed by atoms with van der Waals surface area (Å²) < 4.78 is 35.4. The Balaban J connectivity index is 1.41. The third-order valence-corrected chi connectivity index (χ3v) is 6.19. The predicted octanol–water partition coefficient (Wildman–Crippen LogP) is 2.73.